The summed E-state index contributed by atoms with van der Waals surface area (Å²) in [6.07, 6.45) is 0.932. The van der Waals surface area contributed by atoms with Gasteiger partial charge in [0.15, 0.2) is 12.4 Å². The molecule has 6 heteroatoms. The lowest BCUT2D eigenvalue weighted by Crippen LogP contribution is -2.26. The molecule has 39 heavy (non-hydrogen) atoms. The standard InChI is InChI=1S/C33H37ClN2O3/c1-7-28(19-37)39-29-12-13-31(34)27(16-29)18-36-23(6)21(4)30-17-26(11-14-32(30)36)33(38)35-22(5)25-10-8-9-24(15-25)20(2)3/h8-17,19-20,22,28H,7,18H2,1-6H3,(H,35,38)/t22-,28-/m0/s1. The summed E-state index contributed by atoms with van der Waals surface area (Å²) in [6.45, 7) is 13.0. The van der Waals surface area contributed by atoms with E-state index >= 15 is 0 Å². The molecule has 0 saturated heterocycles. The molecule has 0 bridgehead atoms. The second kappa shape index (κ2) is 12.1. The van der Waals surface area contributed by atoms with Gasteiger partial charge in [0.1, 0.15) is 5.75 Å². The van der Waals surface area contributed by atoms with Crippen molar-refractivity contribution < 1.29 is 14.3 Å². The highest BCUT2D eigenvalue weighted by Crippen LogP contribution is 2.30. The summed E-state index contributed by atoms with van der Waals surface area (Å²) in [5.41, 5.74) is 7.12. The van der Waals surface area contributed by atoms with Gasteiger partial charge in [-0.05, 0) is 91.8 Å². The van der Waals surface area contributed by atoms with Gasteiger partial charge < -0.3 is 14.6 Å². The maximum Gasteiger partial charge on any atom is 0.251 e. The van der Waals surface area contributed by atoms with Crippen LogP contribution in [0.1, 0.15) is 84.4 Å². The largest absolute Gasteiger partial charge is 0.483 e. The fourth-order valence-electron chi connectivity index (χ4n) is 4.84. The van der Waals surface area contributed by atoms with E-state index in [9.17, 15) is 9.59 Å². The Hall–Kier alpha value is -3.57. The van der Waals surface area contributed by atoms with Crippen molar-refractivity contribution in [3.05, 3.63) is 99.2 Å². The normalized spacial score (nSPS) is 12.9. The highest BCUT2D eigenvalue weighted by Gasteiger charge is 2.18. The molecule has 2 atom stereocenters. The SMILES string of the molecule is CC[C@@H](C=O)Oc1ccc(Cl)c(Cn2c(C)c(C)c3cc(C(=O)N[C@@H](C)c4cccc(C(C)C)c4)ccc32)c1. The second-order valence-corrected chi connectivity index (χ2v) is 10.9. The van der Waals surface area contributed by atoms with Gasteiger partial charge in [-0.15, -0.1) is 0 Å². The van der Waals surface area contributed by atoms with Crippen molar-refractivity contribution in [3.63, 3.8) is 0 Å². The molecule has 1 heterocycles. The molecule has 0 aliphatic carbocycles. The number of aldehydes is 1. The minimum absolute atomic E-state index is 0.0993. The second-order valence-electron chi connectivity index (χ2n) is 10.5. The maximum absolute atomic E-state index is 13.2. The minimum atomic E-state index is -0.484. The fourth-order valence-corrected chi connectivity index (χ4v) is 5.02. The fraction of sp³-hybridized carbons (Fsp3) is 0.333. The van der Waals surface area contributed by atoms with Crippen LogP contribution >= 0.6 is 11.6 Å². The van der Waals surface area contributed by atoms with E-state index in [0.717, 1.165) is 39.6 Å². The van der Waals surface area contributed by atoms with Crippen molar-refractivity contribution in [2.45, 2.75) is 72.6 Å². The number of fused-ring (bicyclic) bond motifs is 1. The number of nitrogens with zero attached hydrogens (tertiary/aromatic N) is 1. The Morgan fingerprint density at radius 3 is 2.46 bits per heavy atom. The van der Waals surface area contributed by atoms with Crippen molar-refractivity contribution in [2.75, 3.05) is 0 Å². The molecule has 0 saturated carbocycles. The van der Waals surface area contributed by atoms with E-state index in [0.29, 0.717) is 35.2 Å². The molecular formula is C33H37ClN2O3. The lowest BCUT2D eigenvalue weighted by molar-refractivity contribution is -0.113. The summed E-state index contributed by atoms with van der Waals surface area (Å²) in [6, 6.07) is 19.6. The maximum atomic E-state index is 13.2. The van der Waals surface area contributed by atoms with Crippen LogP contribution in [0.2, 0.25) is 5.02 Å². The third kappa shape index (κ3) is 6.20. The third-order valence-corrected chi connectivity index (χ3v) is 7.88. The van der Waals surface area contributed by atoms with Crippen LogP contribution in [0.5, 0.6) is 5.75 Å². The van der Waals surface area contributed by atoms with Crippen LogP contribution < -0.4 is 10.1 Å². The predicted octanol–water partition coefficient (Wildman–Crippen LogP) is 7.93. The van der Waals surface area contributed by atoms with Gasteiger partial charge in [0, 0.05) is 33.7 Å². The zero-order valence-electron chi connectivity index (χ0n) is 23.5. The van der Waals surface area contributed by atoms with Gasteiger partial charge in [0.05, 0.1) is 6.04 Å². The van der Waals surface area contributed by atoms with E-state index in [4.69, 9.17) is 16.3 Å². The summed E-state index contributed by atoms with van der Waals surface area (Å²) in [4.78, 5) is 24.5. The monoisotopic (exact) mass is 544 g/mol. The summed E-state index contributed by atoms with van der Waals surface area (Å²) >= 11 is 6.56. The summed E-state index contributed by atoms with van der Waals surface area (Å²) in [5.74, 6) is 0.948. The molecule has 5 nitrogen and oxygen atoms in total. The highest BCUT2D eigenvalue weighted by molar-refractivity contribution is 6.31. The van der Waals surface area contributed by atoms with Gasteiger partial charge in [0.2, 0.25) is 0 Å². The number of aryl methyl sites for hydroxylation is 1. The number of hydrogen-bond donors (Lipinski definition) is 1. The Morgan fingerprint density at radius 2 is 1.77 bits per heavy atom. The predicted molar refractivity (Wildman–Crippen MR) is 159 cm³/mol. The van der Waals surface area contributed by atoms with Crippen LogP contribution in [-0.2, 0) is 11.3 Å². The Morgan fingerprint density at radius 1 is 1.03 bits per heavy atom. The van der Waals surface area contributed by atoms with Gasteiger partial charge in [0.25, 0.3) is 5.91 Å². The average Bonchev–Trinajstić information content (AvgIpc) is 3.17. The molecular weight excluding hydrogens is 508 g/mol. The van der Waals surface area contributed by atoms with Gasteiger partial charge in [-0.1, -0.05) is 56.6 Å². The van der Waals surface area contributed by atoms with Gasteiger partial charge in [-0.3, -0.25) is 9.59 Å². The smallest absolute Gasteiger partial charge is 0.251 e. The Kier molecular flexibility index (Phi) is 8.81. The first-order valence-electron chi connectivity index (χ1n) is 13.5. The quantitative estimate of drug-likeness (QED) is 0.206. The lowest BCUT2D eigenvalue weighted by Gasteiger charge is -2.17. The highest BCUT2D eigenvalue weighted by atomic mass is 35.5. The van der Waals surface area contributed by atoms with Crippen LogP contribution in [0.25, 0.3) is 10.9 Å². The Bertz CT molecular complexity index is 1500. The molecule has 0 unspecified atom stereocenters. The van der Waals surface area contributed by atoms with E-state index in [-0.39, 0.29) is 11.9 Å². The Balaban J connectivity index is 1.59. The first-order chi connectivity index (χ1) is 18.6. The van der Waals surface area contributed by atoms with E-state index < -0.39 is 6.10 Å². The van der Waals surface area contributed by atoms with Crippen LogP contribution in [0.3, 0.4) is 0 Å². The number of carbonyl (C=O) groups is 2. The average molecular weight is 545 g/mol. The molecule has 4 aromatic rings. The minimum Gasteiger partial charge on any atom is -0.483 e. The molecule has 1 aromatic heterocycles. The van der Waals surface area contributed by atoms with Crippen LogP contribution in [0.4, 0.5) is 0 Å². The number of amides is 1. The van der Waals surface area contributed by atoms with E-state index in [2.05, 4.69) is 55.8 Å². The van der Waals surface area contributed by atoms with Gasteiger partial charge in [-0.25, -0.2) is 0 Å². The van der Waals surface area contributed by atoms with Gasteiger partial charge in [-0.2, -0.15) is 0 Å². The molecule has 3 aromatic carbocycles. The zero-order chi connectivity index (χ0) is 28.3. The zero-order valence-corrected chi connectivity index (χ0v) is 24.3. The summed E-state index contributed by atoms with van der Waals surface area (Å²) < 4.78 is 8.02. The first-order valence-corrected chi connectivity index (χ1v) is 13.9. The molecule has 204 valence electrons. The van der Waals surface area contributed by atoms with Crippen LogP contribution in [0.15, 0.2) is 60.7 Å². The van der Waals surface area contributed by atoms with Gasteiger partial charge >= 0.3 is 0 Å². The Labute approximate surface area is 236 Å². The molecule has 0 spiro atoms. The molecule has 1 amide bonds. The molecule has 0 fully saturated rings. The summed E-state index contributed by atoms with van der Waals surface area (Å²) in [5, 5.41) is 4.82. The number of benzene rings is 3. The van der Waals surface area contributed by atoms with Crippen LogP contribution in [0, 0.1) is 13.8 Å². The number of nitrogens with one attached hydrogen (secondary N) is 1. The number of hydrogen-bond acceptors (Lipinski definition) is 3. The van der Waals surface area contributed by atoms with Crippen LogP contribution in [-0.4, -0.2) is 22.9 Å². The number of carbonyl (C=O) groups excluding carboxylic acids is 2. The summed E-state index contributed by atoms with van der Waals surface area (Å²) in [7, 11) is 0. The van der Waals surface area contributed by atoms with Crippen molar-refractivity contribution in [2.24, 2.45) is 0 Å². The van der Waals surface area contributed by atoms with Crippen molar-refractivity contribution in [3.8, 4) is 5.75 Å². The number of rotatable bonds is 10. The van der Waals surface area contributed by atoms with E-state index in [1.165, 1.54) is 5.56 Å². The number of halogens is 1. The molecule has 0 radical (unpaired) electrons. The van der Waals surface area contributed by atoms with E-state index in [1.54, 1.807) is 12.1 Å². The van der Waals surface area contributed by atoms with Crippen molar-refractivity contribution in [1.29, 1.82) is 0 Å². The van der Waals surface area contributed by atoms with Crippen molar-refractivity contribution in [1.82, 2.24) is 9.88 Å². The van der Waals surface area contributed by atoms with Crippen molar-refractivity contribution >= 4 is 34.7 Å². The molecule has 1 N–H and O–H groups in total. The first kappa shape index (κ1) is 28.4. The lowest BCUT2D eigenvalue weighted by atomic mass is 9.98. The molecule has 0 aliphatic rings. The molecule has 4 rings (SSSR count). The molecule has 0 aliphatic heterocycles. The number of aromatic nitrogens is 1. The number of ether oxygens (including phenoxy) is 1. The van der Waals surface area contributed by atoms with E-state index in [1.807, 2.05) is 44.2 Å². The topological polar surface area (TPSA) is 60.3 Å². The third-order valence-electron chi connectivity index (χ3n) is 7.51.